The van der Waals surface area contributed by atoms with Gasteiger partial charge in [0.15, 0.2) is 0 Å². The van der Waals surface area contributed by atoms with Crippen LogP contribution in [0.5, 0.6) is 11.5 Å². The highest BCUT2D eigenvalue weighted by atomic mass is 16.5. The smallest absolute Gasteiger partial charge is 0.328 e. The van der Waals surface area contributed by atoms with Crippen LogP contribution < -0.4 is 21.3 Å². The molecule has 0 radical (unpaired) electrons. The van der Waals surface area contributed by atoms with Crippen molar-refractivity contribution in [3.8, 4) is 11.5 Å². The van der Waals surface area contributed by atoms with Gasteiger partial charge in [0.2, 0.25) is 0 Å². The largest absolute Gasteiger partial charge is 0.457 e. The molecule has 0 saturated carbocycles. The van der Waals surface area contributed by atoms with Gasteiger partial charge >= 0.3 is 5.69 Å². The molecule has 0 unspecified atom stereocenters. The number of fused-ring (bicyclic) bond motifs is 1. The molecule has 3 aromatic rings. The summed E-state index contributed by atoms with van der Waals surface area (Å²) in [6.45, 7) is 0.707. The molecule has 2 aromatic carbocycles. The monoisotopic (exact) mass is 377 g/mol. The molecular weight excluding hydrogens is 358 g/mol. The van der Waals surface area contributed by atoms with Crippen LogP contribution in [0.15, 0.2) is 64.2 Å². The molecule has 7 heteroatoms. The zero-order chi connectivity index (χ0) is 19.5. The molecule has 0 aliphatic carbocycles. The van der Waals surface area contributed by atoms with Crippen molar-refractivity contribution in [2.75, 3.05) is 0 Å². The van der Waals surface area contributed by atoms with E-state index in [1.807, 2.05) is 54.6 Å². The van der Waals surface area contributed by atoms with Crippen LogP contribution in [-0.4, -0.2) is 15.5 Å². The molecule has 0 fully saturated rings. The summed E-state index contributed by atoms with van der Waals surface area (Å²) in [6, 6.07) is 16.7. The van der Waals surface area contributed by atoms with Gasteiger partial charge in [-0.25, -0.2) is 4.79 Å². The Morgan fingerprint density at radius 1 is 1.07 bits per heavy atom. The summed E-state index contributed by atoms with van der Waals surface area (Å²) in [5, 5.41) is 2.78. The fraction of sp³-hybridized carbons (Fsp3) is 0.190. The van der Waals surface area contributed by atoms with Gasteiger partial charge in [-0.3, -0.25) is 19.1 Å². The Morgan fingerprint density at radius 2 is 1.82 bits per heavy atom. The van der Waals surface area contributed by atoms with Gasteiger partial charge in [-0.05, 0) is 31.0 Å². The van der Waals surface area contributed by atoms with Crippen LogP contribution in [-0.2, 0) is 19.5 Å². The Kier molecular flexibility index (Phi) is 4.80. The maximum atomic E-state index is 12.7. The zero-order valence-electron chi connectivity index (χ0n) is 15.1. The Morgan fingerprint density at radius 3 is 2.64 bits per heavy atom. The lowest BCUT2D eigenvalue weighted by atomic mass is 10.1. The number of ether oxygens (including phenoxy) is 1. The van der Waals surface area contributed by atoms with E-state index in [0.29, 0.717) is 30.2 Å². The molecule has 0 bridgehead atoms. The fourth-order valence-electron chi connectivity index (χ4n) is 3.38. The van der Waals surface area contributed by atoms with Crippen molar-refractivity contribution in [3.63, 3.8) is 0 Å². The van der Waals surface area contributed by atoms with Gasteiger partial charge in [0.1, 0.15) is 17.1 Å². The summed E-state index contributed by atoms with van der Waals surface area (Å²) >= 11 is 0. The van der Waals surface area contributed by atoms with Crippen LogP contribution >= 0.6 is 0 Å². The summed E-state index contributed by atoms with van der Waals surface area (Å²) in [6.07, 6.45) is 1.27. The summed E-state index contributed by atoms with van der Waals surface area (Å²) < 4.78 is 7.36. The van der Waals surface area contributed by atoms with Gasteiger partial charge in [0, 0.05) is 24.3 Å². The topological polar surface area (TPSA) is 93.2 Å². The minimum Gasteiger partial charge on any atom is -0.457 e. The number of aromatic nitrogens is 2. The Labute approximate surface area is 160 Å². The van der Waals surface area contributed by atoms with E-state index < -0.39 is 17.2 Å². The summed E-state index contributed by atoms with van der Waals surface area (Å²) in [5.74, 6) is 0.816. The Hall–Kier alpha value is -3.61. The molecule has 28 heavy (non-hydrogen) atoms. The van der Waals surface area contributed by atoms with E-state index in [9.17, 15) is 14.4 Å². The van der Waals surface area contributed by atoms with Crippen molar-refractivity contribution in [2.24, 2.45) is 0 Å². The van der Waals surface area contributed by atoms with E-state index in [1.165, 1.54) is 4.57 Å². The third-order valence-electron chi connectivity index (χ3n) is 4.71. The number of para-hydroxylation sites is 2. The number of carbonyl (C=O) groups is 1. The normalized spacial score (nSPS) is 12.4. The first-order chi connectivity index (χ1) is 13.6. The molecule has 1 aromatic heterocycles. The number of benzene rings is 2. The number of carbonyl (C=O) groups excluding carboxylic acids is 1. The summed E-state index contributed by atoms with van der Waals surface area (Å²) in [4.78, 5) is 39.0. The second kappa shape index (κ2) is 7.56. The standard InChI is InChI=1S/C21H19N3O4/c25-19(18-16-10-6-12-24(16)21(27)23-20(18)26)22-13-14-7-4-5-11-17(14)28-15-8-2-1-3-9-15/h1-5,7-9,11H,6,10,12-13H2,(H,22,25)(H,23,26,27). The number of nitrogens with zero attached hydrogens (tertiary/aromatic N) is 1. The zero-order valence-corrected chi connectivity index (χ0v) is 15.1. The number of H-pyrrole nitrogens is 1. The first kappa shape index (κ1) is 17.8. The van der Waals surface area contributed by atoms with E-state index in [1.54, 1.807) is 0 Å². The Bertz CT molecular complexity index is 1130. The van der Waals surface area contributed by atoms with Gasteiger partial charge in [-0.2, -0.15) is 0 Å². The number of hydrogen-bond acceptors (Lipinski definition) is 4. The lowest BCUT2D eigenvalue weighted by Crippen LogP contribution is -2.38. The number of hydrogen-bond donors (Lipinski definition) is 2. The lowest BCUT2D eigenvalue weighted by molar-refractivity contribution is 0.0947. The van der Waals surface area contributed by atoms with Crippen molar-refractivity contribution < 1.29 is 9.53 Å². The van der Waals surface area contributed by atoms with Crippen LogP contribution in [0.4, 0.5) is 0 Å². The second-order valence-corrected chi connectivity index (χ2v) is 6.54. The van der Waals surface area contributed by atoms with Crippen molar-refractivity contribution in [1.82, 2.24) is 14.9 Å². The predicted octanol–water partition coefficient (Wildman–Crippen LogP) is 2.21. The predicted molar refractivity (Wildman–Crippen MR) is 104 cm³/mol. The number of amides is 1. The molecule has 2 heterocycles. The SMILES string of the molecule is O=C(NCc1ccccc1Oc1ccccc1)c1c2n(c(=O)[nH]c1=O)CCC2. The molecule has 2 N–H and O–H groups in total. The number of nitrogens with one attached hydrogen (secondary N) is 2. The molecule has 4 rings (SSSR count). The second-order valence-electron chi connectivity index (χ2n) is 6.54. The highest BCUT2D eigenvalue weighted by molar-refractivity contribution is 5.95. The third kappa shape index (κ3) is 3.46. The molecule has 1 aliphatic rings. The molecule has 1 amide bonds. The lowest BCUT2D eigenvalue weighted by Gasteiger charge is -2.13. The molecule has 0 saturated heterocycles. The minimum atomic E-state index is -0.649. The summed E-state index contributed by atoms with van der Waals surface area (Å²) in [7, 11) is 0. The molecule has 0 atom stereocenters. The van der Waals surface area contributed by atoms with Gasteiger partial charge < -0.3 is 10.1 Å². The molecule has 0 spiro atoms. The van der Waals surface area contributed by atoms with Crippen LogP contribution in [0.25, 0.3) is 0 Å². The maximum absolute atomic E-state index is 12.7. The fourth-order valence-corrected chi connectivity index (χ4v) is 3.38. The van der Waals surface area contributed by atoms with Crippen molar-refractivity contribution >= 4 is 5.91 Å². The van der Waals surface area contributed by atoms with Crippen LogP contribution in [0.3, 0.4) is 0 Å². The van der Waals surface area contributed by atoms with E-state index in [4.69, 9.17) is 4.74 Å². The average molecular weight is 377 g/mol. The first-order valence-corrected chi connectivity index (χ1v) is 9.08. The van der Waals surface area contributed by atoms with E-state index >= 15 is 0 Å². The van der Waals surface area contributed by atoms with Gasteiger partial charge in [0.25, 0.3) is 11.5 Å². The van der Waals surface area contributed by atoms with Crippen molar-refractivity contribution in [2.45, 2.75) is 25.9 Å². The van der Waals surface area contributed by atoms with Gasteiger partial charge in [-0.1, -0.05) is 36.4 Å². The Balaban J connectivity index is 1.55. The van der Waals surface area contributed by atoms with Crippen molar-refractivity contribution in [3.05, 3.63) is 92.3 Å². The molecule has 142 valence electrons. The van der Waals surface area contributed by atoms with Crippen molar-refractivity contribution in [1.29, 1.82) is 0 Å². The van der Waals surface area contributed by atoms with Gasteiger partial charge in [0.05, 0.1) is 0 Å². The van der Waals surface area contributed by atoms with E-state index in [0.717, 1.165) is 12.0 Å². The highest BCUT2D eigenvalue weighted by Crippen LogP contribution is 2.25. The van der Waals surface area contributed by atoms with Crippen LogP contribution in [0.2, 0.25) is 0 Å². The molecule has 1 aliphatic heterocycles. The highest BCUT2D eigenvalue weighted by Gasteiger charge is 2.24. The quantitative estimate of drug-likeness (QED) is 0.713. The van der Waals surface area contributed by atoms with Crippen LogP contribution in [0.1, 0.15) is 28.0 Å². The number of rotatable bonds is 5. The van der Waals surface area contributed by atoms with E-state index in [2.05, 4.69) is 10.3 Å². The average Bonchev–Trinajstić information content (AvgIpc) is 3.18. The minimum absolute atomic E-state index is 0.0126. The van der Waals surface area contributed by atoms with E-state index in [-0.39, 0.29) is 12.1 Å². The maximum Gasteiger partial charge on any atom is 0.328 e. The molecule has 7 nitrogen and oxygen atoms in total. The summed E-state index contributed by atoms with van der Waals surface area (Å²) in [5.41, 5.74) is 0.180. The molecular formula is C21H19N3O4. The first-order valence-electron chi connectivity index (χ1n) is 9.08. The number of aromatic amines is 1. The third-order valence-corrected chi connectivity index (χ3v) is 4.71. The van der Waals surface area contributed by atoms with Crippen LogP contribution in [0, 0.1) is 0 Å². The van der Waals surface area contributed by atoms with Gasteiger partial charge in [-0.15, -0.1) is 0 Å².